The first kappa shape index (κ1) is 49.3. The molecule has 15 heteroatoms. The van der Waals surface area contributed by atoms with Crippen molar-refractivity contribution < 1.29 is 14.0 Å². The van der Waals surface area contributed by atoms with Crippen molar-refractivity contribution in [2.24, 2.45) is 0 Å². The van der Waals surface area contributed by atoms with Gasteiger partial charge >= 0.3 is 0 Å². The van der Waals surface area contributed by atoms with Crippen molar-refractivity contribution in [2.75, 3.05) is 5.73 Å². The fraction of sp³-hybridized carbons (Fsp3) is 0.308. The molecule has 9 rings (SSSR count). The van der Waals surface area contributed by atoms with Gasteiger partial charge in [0.2, 0.25) is 16.6 Å². The Bertz CT molecular complexity index is 3100. The van der Waals surface area contributed by atoms with Crippen LogP contribution in [0.2, 0.25) is 36.3 Å². The van der Waals surface area contributed by atoms with Crippen molar-refractivity contribution in [3.63, 3.8) is 0 Å². The smallest absolute Gasteiger partial charge is 0.250 e. The number of nitrogens with two attached hydrogens (primary N) is 1. The maximum atomic E-state index is 9.44. The number of fused-ring (bicyclic) bond motifs is 3. The molecule has 67 heavy (non-hydrogen) atoms. The number of phenolic OH excluding ortho intramolecular Hbond substituents is 1. The summed E-state index contributed by atoms with van der Waals surface area (Å²) >= 11 is 4.91. The Morgan fingerprint density at radius 1 is 0.507 bits per heavy atom. The Kier molecular flexibility index (Phi) is 14.7. The van der Waals surface area contributed by atoms with Crippen molar-refractivity contribution in [3.8, 4) is 49.0 Å². The van der Waals surface area contributed by atoms with E-state index in [2.05, 4.69) is 132 Å². The van der Waals surface area contributed by atoms with Gasteiger partial charge in [0.15, 0.2) is 0 Å². The summed E-state index contributed by atoms with van der Waals surface area (Å²) < 4.78 is 16.1. The number of phenols is 1. The number of benzene rings is 3. The van der Waals surface area contributed by atoms with Crippen LogP contribution in [0.3, 0.4) is 0 Å². The molecule has 348 valence electrons. The molecular formula is C52H61N7O3S3Si2. The lowest BCUT2D eigenvalue weighted by Crippen LogP contribution is -2.43. The lowest BCUT2D eigenvalue weighted by molar-refractivity contribution is 0.476. The van der Waals surface area contributed by atoms with Crippen LogP contribution < -0.4 is 14.6 Å². The monoisotopic (exact) mass is 981 g/mol. The maximum absolute atomic E-state index is 9.44. The molecule has 0 aliphatic heterocycles. The molecule has 0 saturated carbocycles. The van der Waals surface area contributed by atoms with Crippen LogP contribution >= 0.6 is 34.0 Å². The quantitative estimate of drug-likeness (QED) is 0.134. The van der Waals surface area contributed by atoms with Gasteiger partial charge < -0.3 is 19.7 Å². The fourth-order valence-corrected chi connectivity index (χ4v) is 11.2. The Hall–Kier alpha value is -5.59. The summed E-state index contributed by atoms with van der Waals surface area (Å²) in [5.74, 6) is 2.68. The van der Waals surface area contributed by atoms with E-state index in [0.717, 1.165) is 98.1 Å². The Balaban J connectivity index is 0.000000151. The normalized spacial score (nSPS) is 12.1. The summed E-state index contributed by atoms with van der Waals surface area (Å²) in [4.78, 5) is 27.0. The van der Waals surface area contributed by atoms with Crippen molar-refractivity contribution in [1.29, 1.82) is 0 Å². The molecule has 9 aromatic rings. The first-order chi connectivity index (χ1) is 31.6. The minimum Gasteiger partial charge on any atom is -0.543 e. The van der Waals surface area contributed by atoms with E-state index < -0.39 is 16.6 Å². The van der Waals surface area contributed by atoms with Crippen molar-refractivity contribution in [2.45, 2.75) is 104 Å². The van der Waals surface area contributed by atoms with Gasteiger partial charge in [-0.3, -0.25) is 9.97 Å². The van der Waals surface area contributed by atoms with Gasteiger partial charge in [-0.25, -0.2) is 19.9 Å². The van der Waals surface area contributed by atoms with E-state index in [1.54, 1.807) is 58.4 Å². The highest BCUT2D eigenvalue weighted by Gasteiger charge is 2.40. The molecule has 0 amide bonds. The summed E-state index contributed by atoms with van der Waals surface area (Å²) in [6, 6.07) is 29.6. The van der Waals surface area contributed by atoms with Crippen LogP contribution in [0.5, 0.6) is 17.2 Å². The number of nitrogens with zero attached hydrogens (tertiary/aromatic N) is 6. The number of rotatable bonds is 9. The molecule has 0 saturated heterocycles. The number of pyridine rings is 3. The van der Waals surface area contributed by atoms with E-state index in [1.807, 2.05) is 54.9 Å². The number of nitrogen functional groups attached to an aromatic ring is 1. The molecule has 0 aliphatic rings. The van der Waals surface area contributed by atoms with Gasteiger partial charge in [-0.15, -0.1) is 34.0 Å². The predicted octanol–water partition coefficient (Wildman–Crippen LogP) is 15.3. The van der Waals surface area contributed by atoms with E-state index in [1.165, 1.54) is 0 Å². The molecule has 6 aromatic heterocycles. The van der Waals surface area contributed by atoms with Crippen LogP contribution in [0.25, 0.3) is 62.4 Å². The van der Waals surface area contributed by atoms with Crippen molar-refractivity contribution in [1.82, 2.24) is 29.9 Å². The van der Waals surface area contributed by atoms with Gasteiger partial charge in [-0.1, -0.05) is 55.4 Å². The van der Waals surface area contributed by atoms with Crippen LogP contribution in [0, 0.1) is 0 Å². The average Bonchev–Trinajstić information content (AvgIpc) is 4.03. The summed E-state index contributed by atoms with van der Waals surface area (Å²) in [6.45, 7) is 26.8. The van der Waals surface area contributed by atoms with Gasteiger partial charge in [0, 0.05) is 46.7 Å². The Labute approximate surface area is 408 Å². The fourth-order valence-electron chi connectivity index (χ4n) is 6.17. The Morgan fingerprint density at radius 2 is 0.881 bits per heavy atom. The highest BCUT2D eigenvalue weighted by atomic mass is 32.1. The highest BCUT2D eigenvalue weighted by Crippen LogP contribution is 2.41. The number of thiazole rings is 3. The molecule has 0 spiro atoms. The first-order valence-electron chi connectivity index (χ1n) is 22.5. The lowest BCUT2D eigenvalue weighted by Gasteiger charge is -2.36. The number of aromatic hydroxyl groups is 1. The Morgan fingerprint density at radius 3 is 1.22 bits per heavy atom. The summed E-state index contributed by atoms with van der Waals surface area (Å²) in [6.07, 6.45) is 7.43. The molecule has 0 atom stereocenters. The molecule has 0 unspecified atom stereocenters. The molecular weight excluding hydrogens is 921 g/mol. The maximum Gasteiger partial charge on any atom is 0.250 e. The average molecular weight is 982 g/mol. The zero-order valence-electron chi connectivity index (χ0n) is 40.6. The molecule has 10 nitrogen and oxygen atoms in total. The molecule has 0 radical (unpaired) electrons. The SMILES string of the molecule is CC(C)(C)[Si](C)(C)Oc1ccc2nc(-c3ccc(C[11CH3])nc3)sc2c1.CC(C)(C)[Si](C)(C)Oc1ccc2nc(-c3ccc(N)nc3)sc2c1.[11CH3]Cc1ccc(-c2nc3ccc(O)cc3s2)cn1. The van der Waals surface area contributed by atoms with Crippen molar-refractivity contribution in [3.05, 3.63) is 121 Å². The van der Waals surface area contributed by atoms with E-state index in [0.29, 0.717) is 5.82 Å². The zero-order chi connectivity index (χ0) is 48.3. The third-order valence-corrected chi connectivity index (χ3v) is 24.3. The largest absolute Gasteiger partial charge is 0.543 e. The number of aryl methyl sites for hydroxylation is 2. The molecule has 0 aliphatic carbocycles. The second-order valence-electron chi connectivity index (χ2n) is 19.4. The second-order valence-corrected chi connectivity index (χ2v) is 32.0. The van der Waals surface area contributed by atoms with Crippen LogP contribution in [0.1, 0.15) is 66.8 Å². The van der Waals surface area contributed by atoms with Crippen LogP contribution in [-0.4, -0.2) is 51.6 Å². The van der Waals surface area contributed by atoms with E-state index in [4.69, 9.17) is 24.6 Å². The van der Waals surface area contributed by atoms with Crippen LogP contribution in [-0.2, 0) is 12.8 Å². The summed E-state index contributed by atoms with van der Waals surface area (Å²) in [5.41, 5.74) is 13.8. The molecule has 0 fully saturated rings. The zero-order valence-corrected chi connectivity index (χ0v) is 45.0. The van der Waals surface area contributed by atoms with Gasteiger partial charge in [0.25, 0.3) is 0 Å². The van der Waals surface area contributed by atoms with Gasteiger partial charge in [-0.2, -0.15) is 0 Å². The van der Waals surface area contributed by atoms with Gasteiger partial charge in [0.05, 0.1) is 30.6 Å². The van der Waals surface area contributed by atoms with Gasteiger partial charge in [-0.05, 0) is 140 Å². The van der Waals surface area contributed by atoms with E-state index in [-0.39, 0.29) is 15.8 Å². The third kappa shape index (κ3) is 11.9. The van der Waals surface area contributed by atoms with E-state index >= 15 is 0 Å². The molecule has 3 aromatic carbocycles. The molecule has 3 N–H and O–H groups in total. The summed E-state index contributed by atoms with van der Waals surface area (Å²) in [7, 11) is -3.66. The predicted molar refractivity (Wildman–Crippen MR) is 289 cm³/mol. The second kappa shape index (κ2) is 19.9. The standard InChI is InChI=1S/C20H26N2OSSi.C18H23N3OSSi.C14H12N2OS/c1-7-15-9-8-14(13-21-15)19-22-17-11-10-16(12-18(17)24-19)23-25(5,6)20(2,3)4;1-18(2,3)24(4,5)22-13-7-8-14-15(10-13)23-17(21-14)12-6-9-16(19)20-11-12;1-2-10-4-3-9(8-15-10)14-16-12-6-5-11(17)7-13(12)18-14/h8-13H,7H2,1-6H3;6-11H,1-5H3,(H2,19,20);3-8,17H,2H2,1H3/i1-1;;1-1. The molecule has 0 bridgehead atoms. The van der Waals surface area contributed by atoms with Gasteiger partial charge in [0.1, 0.15) is 38.1 Å². The lowest BCUT2D eigenvalue weighted by atomic mass is 10.1. The number of hydrogen-bond acceptors (Lipinski definition) is 13. The third-order valence-electron chi connectivity index (χ3n) is 12.4. The van der Waals surface area contributed by atoms with Crippen LogP contribution in [0.4, 0.5) is 5.82 Å². The topological polar surface area (TPSA) is 142 Å². The highest BCUT2D eigenvalue weighted by molar-refractivity contribution is 7.22. The number of hydrogen-bond donors (Lipinski definition) is 2. The minimum absolute atomic E-state index is 0.177. The minimum atomic E-state index is -1.84. The number of anilines is 1. The van der Waals surface area contributed by atoms with Crippen LogP contribution in [0.15, 0.2) is 110 Å². The summed E-state index contributed by atoms with van der Waals surface area (Å²) in [5, 5.41) is 12.7. The molecule has 6 heterocycles. The number of aromatic nitrogens is 6. The first-order valence-corrected chi connectivity index (χ1v) is 30.8. The van der Waals surface area contributed by atoms with Crippen molar-refractivity contribution >= 4 is 87.1 Å². The van der Waals surface area contributed by atoms with E-state index in [9.17, 15) is 5.11 Å².